The fourth-order valence-electron chi connectivity index (χ4n) is 0. The second kappa shape index (κ2) is 2.67. The summed E-state index contributed by atoms with van der Waals surface area (Å²) in [4.78, 5) is 0. The van der Waals surface area contributed by atoms with Gasteiger partial charge < -0.3 is 4.74 Å². The van der Waals surface area contributed by atoms with Crippen molar-refractivity contribution in [3.8, 4) is 0 Å². The average Bonchev–Trinajstić information content (AvgIpc) is 1.38. The predicted octanol–water partition coefficient (Wildman–Crippen LogP) is 1.37. The van der Waals surface area contributed by atoms with Crippen LogP contribution in [-0.4, -0.2) is 12.1 Å². The third-order valence-electron chi connectivity index (χ3n) is 0.325. The minimum atomic E-state index is 0.197. The van der Waals surface area contributed by atoms with Gasteiger partial charge in [0.25, 0.3) is 0 Å². The third-order valence-corrected chi connectivity index (χ3v) is 0.699. The minimum Gasteiger partial charge on any atom is -0.371 e. The van der Waals surface area contributed by atoms with Crippen LogP contribution in [-0.2, 0) is 4.74 Å². The summed E-state index contributed by atoms with van der Waals surface area (Å²) in [5, 5.41) is 0.197. The molecule has 0 aromatic heterocycles. The van der Waals surface area contributed by atoms with E-state index in [-0.39, 0.29) is 5.01 Å². The molecule has 1 unspecified atom stereocenters. The van der Waals surface area contributed by atoms with Crippen LogP contribution in [0.1, 0.15) is 6.92 Å². The molecule has 0 saturated carbocycles. The molecule has 0 amide bonds. The zero-order valence-corrected chi connectivity index (χ0v) is 4.95. The van der Waals surface area contributed by atoms with E-state index in [1.54, 1.807) is 7.11 Å². The lowest BCUT2D eigenvalue weighted by Crippen LogP contribution is -1.88. The van der Waals surface area contributed by atoms with Gasteiger partial charge in [0, 0.05) is 7.11 Å². The van der Waals surface area contributed by atoms with Gasteiger partial charge in [0.15, 0.2) is 0 Å². The lowest BCUT2D eigenvalue weighted by Gasteiger charge is -1.92. The minimum absolute atomic E-state index is 0.197. The maximum Gasteiger partial charge on any atom is 0.109 e. The van der Waals surface area contributed by atoms with E-state index in [2.05, 4.69) is 20.7 Å². The van der Waals surface area contributed by atoms with Gasteiger partial charge >= 0.3 is 0 Å². The molecule has 2 heteroatoms. The molecule has 0 aromatic rings. The first-order chi connectivity index (χ1) is 2.27. The summed E-state index contributed by atoms with van der Waals surface area (Å²) in [5.41, 5.74) is 0. The fourth-order valence-corrected chi connectivity index (χ4v) is 0. The lowest BCUT2D eigenvalue weighted by atomic mass is 10.9. The number of rotatable bonds is 1. The first-order valence-electron chi connectivity index (χ1n) is 1.44. The maximum atomic E-state index is 4.67. The zero-order chi connectivity index (χ0) is 4.28. The van der Waals surface area contributed by atoms with Gasteiger partial charge in [-0.3, -0.25) is 0 Å². The van der Waals surface area contributed by atoms with Crippen molar-refractivity contribution in [2.24, 2.45) is 0 Å². The highest BCUT2D eigenvalue weighted by Gasteiger charge is 1.81. The van der Waals surface area contributed by atoms with Crippen LogP contribution in [0, 0.1) is 0 Å². The molecular formula is C3H7BrO. The van der Waals surface area contributed by atoms with Crippen LogP contribution in [0.3, 0.4) is 0 Å². The van der Waals surface area contributed by atoms with Crippen molar-refractivity contribution < 1.29 is 4.74 Å². The molecule has 1 atom stereocenters. The van der Waals surface area contributed by atoms with E-state index < -0.39 is 0 Å². The molecule has 0 aliphatic heterocycles. The van der Waals surface area contributed by atoms with Crippen molar-refractivity contribution in [1.82, 2.24) is 0 Å². The van der Waals surface area contributed by atoms with E-state index in [4.69, 9.17) is 0 Å². The van der Waals surface area contributed by atoms with E-state index in [0.717, 1.165) is 0 Å². The van der Waals surface area contributed by atoms with Gasteiger partial charge in [-0.1, -0.05) is 15.9 Å². The Bertz CT molecular complexity index is 20.9. The smallest absolute Gasteiger partial charge is 0.109 e. The van der Waals surface area contributed by atoms with Crippen molar-refractivity contribution in [3.05, 3.63) is 0 Å². The van der Waals surface area contributed by atoms with Gasteiger partial charge in [0.05, 0.1) is 0 Å². The Labute approximate surface area is 40.5 Å². The van der Waals surface area contributed by atoms with Crippen molar-refractivity contribution >= 4 is 15.9 Å². The van der Waals surface area contributed by atoms with E-state index >= 15 is 0 Å². The zero-order valence-electron chi connectivity index (χ0n) is 3.36. The molecule has 1 nitrogen and oxygen atoms in total. The highest BCUT2D eigenvalue weighted by molar-refractivity contribution is 9.09. The second-order valence-corrected chi connectivity index (χ2v) is 2.07. The van der Waals surface area contributed by atoms with Crippen LogP contribution in [0.4, 0.5) is 0 Å². The molecule has 0 N–H and O–H groups in total. The third kappa shape index (κ3) is 4.44. The Morgan fingerprint density at radius 3 is 2.00 bits per heavy atom. The molecule has 0 bridgehead atoms. The summed E-state index contributed by atoms with van der Waals surface area (Å²) in [6, 6.07) is 0. The lowest BCUT2D eigenvalue weighted by molar-refractivity contribution is 0.193. The van der Waals surface area contributed by atoms with E-state index in [9.17, 15) is 0 Å². The number of hydrogen-bond acceptors (Lipinski definition) is 1. The number of alkyl halides is 1. The molecule has 0 aliphatic carbocycles. The van der Waals surface area contributed by atoms with Crippen molar-refractivity contribution in [1.29, 1.82) is 0 Å². The van der Waals surface area contributed by atoms with Crippen LogP contribution >= 0.6 is 15.9 Å². The predicted molar refractivity (Wildman–Crippen MR) is 25.4 cm³/mol. The first kappa shape index (κ1) is 5.44. The molecule has 0 spiro atoms. The molecule has 0 rings (SSSR count). The molecule has 32 valence electrons. The quantitative estimate of drug-likeness (QED) is 0.498. The Balaban J connectivity index is 2.54. The topological polar surface area (TPSA) is 9.23 Å². The van der Waals surface area contributed by atoms with E-state index in [0.29, 0.717) is 0 Å². The van der Waals surface area contributed by atoms with Crippen molar-refractivity contribution in [3.63, 3.8) is 0 Å². The molecule has 0 saturated heterocycles. The summed E-state index contributed by atoms with van der Waals surface area (Å²) >= 11 is 3.15. The summed E-state index contributed by atoms with van der Waals surface area (Å²) in [6.45, 7) is 1.92. The van der Waals surface area contributed by atoms with Gasteiger partial charge in [0.1, 0.15) is 5.01 Å². The van der Waals surface area contributed by atoms with Crippen molar-refractivity contribution in [2.45, 2.75) is 11.9 Å². The number of hydrogen-bond donors (Lipinski definition) is 0. The molecule has 0 radical (unpaired) electrons. The Kier molecular flexibility index (Phi) is 2.90. The van der Waals surface area contributed by atoms with Crippen LogP contribution in [0.15, 0.2) is 0 Å². The Morgan fingerprint density at radius 1 is 1.80 bits per heavy atom. The average molecular weight is 139 g/mol. The first-order valence-corrected chi connectivity index (χ1v) is 2.36. The Hall–Kier alpha value is 0.440. The van der Waals surface area contributed by atoms with Crippen LogP contribution in [0.5, 0.6) is 0 Å². The van der Waals surface area contributed by atoms with Gasteiger partial charge in [-0.15, -0.1) is 0 Å². The summed E-state index contributed by atoms with van der Waals surface area (Å²) < 4.78 is 4.67. The summed E-state index contributed by atoms with van der Waals surface area (Å²) in [6.07, 6.45) is 0. The summed E-state index contributed by atoms with van der Waals surface area (Å²) in [5.74, 6) is 0. The van der Waals surface area contributed by atoms with Crippen LogP contribution in [0.25, 0.3) is 0 Å². The molecule has 0 aliphatic rings. The van der Waals surface area contributed by atoms with Crippen LogP contribution < -0.4 is 0 Å². The van der Waals surface area contributed by atoms with E-state index in [1.165, 1.54) is 0 Å². The monoisotopic (exact) mass is 138 g/mol. The standard InChI is InChI=1S/C3H7BrO/c1-3(4)5-2/h3H,1-2H3. The van der Waals surface area contributed by atoms with Gasteiger partial charge in [-0.05, 0) is 6.92 Å². The number of halogens is 1. The van der Waals surface area contributed by atoms with Gasteiger partial charge in [-0.2, -0.15) is 0 Å². The summed E-state index contributed by atoms with van der Waals surface area (Å²) in [7, 11) is 1.65. The van der Waals surface area contributed by atoms with Gasteiger partial charge in [0.2, 0.25) is 0 Å². The van der Waals surface area contributed by atoms with Crippen molar-refractivity contribution in [2.75, 3.05) is 7.11 Å². The largest absolute Gasteiger partial charge is 0.371 e. The van der Waals surface area contributed by atoms with Crippen LogP contribution in [0.2, 0.25) is 0 Å². The molecular weight excluding hydrogens is 132 g/mol. The molecule has 0 heterocycles. The molecule has 0 aromatic carbocycles. The Morgan fingerprint density at radius 2 is 2.00 bits per heavy atom. The highest BCUT2D eigenvalue weighted by atomic mass is 79.9. The fraction of sp³-hybridized carbons (Fsp3) is 1.00. The number of ether oxygens (including phenoxy) is 1. The van der Waals surface area contributed by atoms with Gasteiger partial charge in [-0.25, -0.2) is 0 Å². The SMILES string of the molecule is COC(C)Br. The normalized spacial score (nSPS) is 15.0. The molecule has 5 heavy (non-hydrogen) atoms. The second-order valence-electron chi connectivity index (χ2n) is 0.779. The maximum absolute atomic E-state index is 4.67. The highest BCUT2D eigenvalue weighted by Crippen LogP contribution is 1.93. The van der Waals surface area contributed by atoms with E-state index in [1.807, 2.05) is 6.92 Å². The number of methoxy groups -OCH3 is 1. The molecule has 0 fully saturated rings.